The summed E-state index contributed by atoms with van der Waals surface area (Å²) in [6.45, 7) is 0.0656. The molecule has 0 unspecified atom stereocenters. The number of fused-ring (bicyclic) bond motifs is 1. The molecule has 0 aliphatic rings. The van der Waals surface area contributed by atoms with E-state index in [0.29, 0.717) is 4.88 Å². The Morgan fingerprint density at radius 2 is 2.08 bits per heavy atom. The van der Waals surface area contributed by atoms with Crippen molar-refractivity contribution in [3.8, 4) is 10.6 Å². The van der Waals surface area contributed by atoms with E-state index in [1.165, 1.54) is 11.3 Å². The first-order valence-corrected chi connectivity index (χ1v) is 8.90. The third-order valence-corrected chi connectivity index (χ3v) is 5.52. The zero-order chi connectivity index (χ0) is 18.4. The van der Waals surface area contributed by atoms with E-state index in [1.54, 1.807) is 36.5 Å². The minimum absolute atomic E-state index is 0.0656. The zero-order valence-electron chi connectivity index (χ0n) is 13.3. The monoisotopic (exact) mass is 385 g/mol. The van der Waals surface area contributed by atoms with E-state index in [0.717, 1.165) is 17.4 Å². The van der Waals surface area contributed by atoms with Gasteiger partial charge in [-0.25, -0.2) is 4.98 Å². The third kappa shape index (κ3) is 3.39. The summed E-state index contributed by atoms with van der Waals surface area (Å²) in [7, 11) is 3.41. The van der Waals surface area contributed by atoms with Crippen molar-refractivity contribution in [3.63, 3.8) is 0 Å². The van der Waals surface area contributed by atoms with E-state index in [9.17, 15) is 18.0 Å². The number of carbonyl (C=O) groups excluding carboxylic acids is 1. The van der Waals surface area contributed by atoms with Gasteiger partial charge in [0.15, 0.2) is 5.78 Å². The van der Waals surface area contributed by atoms with E-state index in [2.05, 4.69) is 4.98 Å². The van der Waals surface area contributed by atoms with Crippen molar-refractivity contribution in [2.75, 3.05) is 26.4 Å². The number of hydrogen-bond donors (Lipinski definition) is 1. The molecule has 9 heteroatoms. The number of carbonyl (C=O) groups is 1. The van der Waals surface area contributed by atoms with Gasteiger partial charge in [-0.1, -0.05) is 6.07 Å². The molecule has 0 amide bonds. The number of likely N-dealkylation sites (N-methyl/N-ethyl adjacent to an activating group) is 1. The molecule has 3 heterocycles. The number of halogens is 3. The second-order valence-electron chi connectivity index (χ2n) is 5.72. The van der Waals surface area contributed by atoms with Crippen molar-refractivity contribution in [1.29, 1.82) is 0 Å². The maximum atomic E-state index is 13.6. The van der Waals surface area contributed by atoms with Gasteiger partial charge in [0, 0.05) is 5.39 Å². The van der Waals surface area contributed by atoms with E-state index >= 15 is 0 Å². The number of Topliss-reactive ketones (excluding diaryl/α,β-unsaturated/α-hetero) is 1. The third-order valence-electron chi connectivity index (χ3n) is 3.49. The van der Waals surface area contributed by atoms with Crippen LogP contribution in [0, 0.1) is 0 Å². The molecule has 0 saturated heterocycles. The van der Waals surface area contributed by atoms with Crippen molar-refractivity contribution < 1.29 is 18.0 Å². The molecule has 4 nitrogen and oxygen atoms in total. The van der Waals surface area contributed by atoms with Crippen molar-refractivity contribution in [2.45, 2.75) is 6.18 Å². The summed E-state index contributed by atoms with van der Waals surface area (Å²) in [4.78, 5) is 19.1. The molecule has 25 heavy (non-hydrogen) atoms. The molecule has 0 aliphatic heterocycles. The second-order valence-corrected chi connectivity index (χ2v) is 7.66. The van der Waals surface area contributed by atoms with Crippen molar-refractivity contribution in [2.24, 2.45) is 0 Å². The molecule has 2 N–H and O–H groups in total. The Morgan fingerprint density at radius 3 is 2.64 bits per heavy atom. The topological polar surface area (TPSA) is 59.2 Å². The van der Waals surface area contributed by atoms with Crippen LogP contribution in [0.2, 0.25) is 0 Å². The number of rotatable bonds is 4. The van der Waals surface area contributed by atoms with Gasteiger partial charge < -0.3 is 10.6 Å². The highest BCUT2D eigenvalue weighted by Gasteiger charge is 2.36. The summed E-state index contributed by atoms with van der Waals surface area (Å²) < 4.78 is 40.7. The van der Waals surface area contributed by atoms with Gasteiger partial charge in [0.2, 0.25) is 0 Å². The Balaban J connectivity index is 2.26. The predicted octanol–water partition coefficient (Wildman–Crippen LogP) is 4.37. The summed E-state index contributed by atoms with van der Waals surface area (Å²) in [6, 6.07) is 4.44. The summed E-state index contributed by atoms with van der Waals surface area (Å²) in [5, 5.41) is 1.57. The number of nitrogen functional groups attached to an aromatic ring is 1. The second kappa shape index (κ2) is 6.40. The number of anilines is 1. The number of nitrogens with two attached hydrogens (primary N) is 1. The first kappa shape index (κ1) is 17.8. The molecule has 0 saturated carbocycles. The maximum Gasteiger partial charge on any atom is 0.417 e. The van der Waals surface area contributed by atoms with E-state index in [-0.39, 0.29) is 38.8 Å². The lowest BCUT2D eigenvalue weighted by Crippen LogP contribution is -2.21. The molecule has 0 aliphatic carbocycles. The van der Waals surface area contributed by atoms with Crippen LogP contribution in [0.25, 0.3) is 20.8 Å². The van der Waals surface area contributed by atoms with E-state index < -0.39 is 11.7 Å². The smallest absolute Gasteiger partial charge is 0.397 e. The molecule has 0 atom stereocenters. The van der Waals surface area contributed by atoms with Gasteiger partial charge >= 0.3 is 6.18 Å². The number of nitrogens with zero attached hydrogens (tertiary/aromatic N) is 2. The molecule has 0 bridgehead atoms. The maximum absolute atomic E-state index is 13.6. The van der Waals surface area contributed by atoms with Gasteiger partial charge in [-0.3, -0.25) is 4.79 Å². The van der Waals surface area contributed by atoms with Crippen LogP contribution in [0.4, 0.5) is 18.9 Å². The van der Waals surface area contributed by atoms with Gasteiger partial charge in [-0.2, -0.15) is 13.2 Å². The zero-order valence-corrected chi connectivity index (χ0v) is 15.0. The van der Waals surface area contributed by atoms with Gasteiger partial charge in [0.1, 0.15) is 4.83 Å². The largest absolute Gasteiger partial charge is 0.417 e. The first-order chi connectivity index (χ1) is 11.7. The molecule has 3 aromatic heterocycles. The van der Waals surface area contributed by atoms with Crippen LogP contribution >= 0.6 is 22.7 Å². The standard InChI is InChI=1S/C16H14F3N3OS2/c1-22(2)7-10(23)14-13(20)12-8(16(17,18)19)6-9(21-15(12)25-14)11-4-3-5-24-11/h3-6H,7,20H2,1-2H3. The fourth-order valence-corrected chi connectivity index (χ4v) is 4.20. The summed E-state index contributed by atoms with van der Waals surface area (Å²) in [5.74, 6) is -0.323. The van der Waals surface area contributed by atoms with Crippen LogP contribution in [0.3, 0.4) is 0 Å². The Labute approximate surface area is 149 Å². The highest BCUT2D eigenvalue weighted by atomic mass is 32.1. The number of ketones is 1. The van der Waals surface area contributed by atoms with E-state index in [4.69, 9.17) is 5.73 Å². The molecule has 3 rings (SSSR count). The number of aromatic nitrogens is 1. The number of thiophene rings is 2. The average molecular weight is 385 g/mol. The molecule has 132 valence electrons. The first-order valence-electron chi connectivity index (χ1n) is 7.20. The van der Waals surface area contributed by atoms with Crippen LogP contribution in [0.5, 0.6) is 0 Å². The number of pyridine rings is 1. The molecule has 0 spiro atoms. The van der Waals surface area contributed by atoms with E-state index in [1.807, 2.05) is 0 Å². The molecular weight excluding hydrogens is 371 g/mol. The molecular formula is C16H14F3N3OS2. The van der Waals surface area contributed by atoms with Gasteiger partial charge in [-0.05, 0) is 31.6 Å². The minimum atomic E-state index is -4.59. The molecule has 0 radical (unpaired) electrons. The van der Waals surface area contributed by atoms with Gasteiger partial charge in [-0.15, -0.1) is 22.7 Å². The Morgan fingerprint density at radius 1 is 1.36 bits per heavy atom. The summed E-state index contributed by atoms with van der Waals surface area (Å²) in [6.07, 6.45) is -4.59. The molecule has 3 aromatic rings. The summed E-state index contributed by atoms with van der Waals surface area (Å²) in [5.41, 5.74) is 5.13. The number of hydrogen-bond acceptors (Lipinski definition) is 6. The minimum Gasteiger partial charge on any atom is -0.397 e. The van der Waals surface area contributed by atoms with Crippen LogP contribution < -0.4 is 5.73 Å². The fraction of sp³-hybridized carbons (Fsp3) is 0.250. The molecule has 0 aromatic carbocycles. The molecule has 0 fully saturated rings. The highest BCUT2D eigenvalue weighted by molar-refractivity contribution is 7.21. The summed E-state index contributed by atoms with van der Waals surface area (Å²) >= 11 is 2.21. The quantitative estimate of drug-likeness (QED) is 0.678. The fourth-order valence-electron chi connectivity index (χ4n) is 2.46. The SMILES string of the molecule is CN(C)CC(=O)c1sc2nc(-c3cccs3)cc(C(F)(F)F)c2c1N. The van der Waals surface area contributed by atoms with Gasteiger partial charge in [0.05, 0.1) is 33.2 Å². The number of alkyl halides is 3. The van der Waals surface area contributed by atoms with Crippen LogP contribution in [0.1, 0.15) is 15.2 Å². The highest BCUT2D eigenvalue weighted by Crippen LogP contribution is 2.43. The lowest BCUT2D eigenvalue weighted by molar-refractivity contribution is -0.136. The van der Waals surface area contributed by atoms with Gasteiger partial charge in [0.25, 0.3) is 0 Å². The van der Waals surface area contributed by atoms with Crippen LogP contribution in [0.15, 0.2) is 23.6 Å². The lowest BCUT2D eigenvalue weighted by atomic mass is 10.1. The lowest BCUT2D eigenvalue weighted by Gasteiger charge is -2.11. The van der Waals surface area contributed by atoms with Crippen molar-refractivity contribution in [1.82, 2.24) is 9.88 Å². The normalized spacial score (nSPS) is 12.2. The van der Waals surface area contributed by atoms with Crippen molar-refractivity contribution >= 4 is 44.4 Å². The van der Waals surface area contributed by atoms with Crippen LogP contribution in [-0.2, 0) is 6.18 Å². The Bertz CT molecular complexity index is 930. The average Bonchev–Trinajstić information content (AvgIpc) is 3.13. The predicted molar refractivity (Wildman–Crippen MR) is 95.2 cm³/mol. The van der Waals surface area contributed by atoms with Crippen LogP contribution in [-0.4, -0.2) is 36.3 Å². The van der Waals surface area contributed by atoms with Crippen molar-refractivity contribution in [3.05, 3.63) is 34.0 Å². The Kier molecular flexibility index (Phi) is 4.56. The Hall–Kier alpha value is -1.97.